The molecule has 0 aromatic heterocycles. The van der Waals surface area contributed by atoms with Crippen molar-refractivity contribution in [2.75, 3.05) is 0 Å². The molecule has 0 aliphatic heterocycles. The van der Waals surface area contributed by atoms with Crippen molar-refractivity contribution < 1.29 is 0 Å². The molecule has 0 heterocycles. The van der Waals surface area contributed by atoms with Gasteiger partial charge in [-0.05, 0) is 104 Å². The highest BCUT2D eigenvalue weighted by atomic mass is 14.7. The van der Waals surface area contributed by atoms with Crippen LogP contribution < -0.4 is 0 Å². The van der Waals surface area contributed by atoms with E-state index >= 15 is 0 Å². The Morgan fingerprint density at radius 1 is 0.833 bits per heavy atom. The van der Waals surface area contributed by atoms with Crippen LogP contribution >= 0.6 is 0 Å². The average molecular weight is 331 g/mol. The lowest BCUT2D eigenvalue weighted by Crippen LogP contribution is -2.53. The van der Waals surface area contributed by atoms with Crippen LogP contribution in [0.1, 0.15) is 98.8 Å². The Hall–Kier alpha value is 0. The highest BCUT2D eigenvalue weighted by molar-refractivity contribution is 5.11. The van der Waals surface area contributed by atoms with Gasteiger partial charge in [-0.15, -0.1) is 0 Å². The second-order valence-corrected chi connectivity index (χ2v) is 11.1. The molecule has 9 atom stereocenters. The van der Waals surface area contributed by atoms with E-state index in [1.807, 2.05) is 0 Å². The zero-order valence-electron chi connectivity index (χ0n) is 17.1. The summed E-state index contributed by atoms with van der Waals surface area (Å²) in [6.45, 7) is 13.0. The molecule has 6 unspecified atom stereocenters. The third-order valence-corrected chi connectivity index (χ3v) is 10.2. The molecule has 0 spiro atoms. The third-order valence-electron chi connectivity index (χ3n) is 10.2. The number of hydrogen-bond donors (Lipinski definition) is 0. The van der Waals surface area contributed by atoms with Crippen LogP contribution in [0.4, 0.5) is 0 Å². The number of unbranched alkanes of at least 4 members (excludes halogenated alkanes) is 1. The zero-order valence-corrected chi connectivity index (χ0v) is 17.1. The first-order valence-electron chi connectivity index (χ1n) is 11.4. The largest absolute Gasteiger partial charge is 0.0654 e. The van der Waals surface area contributed by atoms with E-state index in [0.717, 1.165) is 41.4 Å². The standard InChI is InChI=1S/C24H42/c1-6-7-8-18-9-10-20-19-15-17(3)22-16(2)11-13-24(22,5)21(19)12-14-23(18,20)4/h16-22H,6-15H2,1-5H3/t16?,17?,18?,19?,20?,21?,22-,23+,24+/m0/s1. The summed E-state index contributed by atoms with van der Waals surface area (Å²) in [5.41, 5.74) is 1.38. The van der Waals surface area contributed by atoms with E-state index in [2.05, 4.69) is 34.6 Å². The Kier molecular flexibility index (Phi) is 4.37. The van der Waals surface area contributed by atoms with E-state index in [1.165, 1.54) is 32.1 Å². The topological polar surface area (TPSA) is 0 Å². The molecule has 0 aromatic rings. The molecule has 4 fully saturated rings. The summed E-state index contributed by atoms with van der Waals surface area (Å²) in [6.07, 6.45) is 15.2. The molecule has 138 valence electrons. The van der Waals surface area contributed by atoms with Crippen LogP contribution in [-0.2, 0) is 0 Å². The normalized spacial score (nSPS) is 56.6. The van der Waals surface area contributed by atoms with Gasteiger partial charge in [-0.2, -0.15) is 0 Å². The van der Waals surface area contributed by atoms with E-state index < -0.39 is 0 Å². The first-order chi connectivity index (χ1) is 11.4. The van der Waals surface area contributed by atoms with Gasteiger partial charge in [0.25, 0.3) is 0 Å². The van der Waals surface area contributed by atoms with Crippen LogP contribution in [0.25, 0.3) is 0 Å². The van der Waals surface area contributed by atoms with E-state index in [4.69, 9.17) is 0 Å². The summed E-state index contributed by atoms with van der Waals surface area (Å²) in [5, 5.41) is 0. The van der Waals surface area contributed by atoms with Crippen LogP contribution in [-0.4, -0.2) is 0 Å². The van der Waals surface area contributed by atoms with Crippen molar-refractivity contribution in [3.05, 3.63) is 0 Å². The molecule has 4 saturated carbocycles. The van der Waals surface area contributed by atoms with Crippen LogP contribution in [0.5, 0.6) is 0 Å². The first kappa shape index (κ1) is 17.4. The predicted octanol–water partition coefficient (Wildman–Crippen LogP) is 7.33. The third kappa shape index (κ3) is 2.30. The van der Waals surface area contributed by atoms with E-state index in [0.29, 0.717) is 10.8 Å². The number of rotatable bonds is 3. The van der Waals surface area contributed by atoms with Crippen LogP contribution in [0.3, 0.4) is 0 Å². The second-order valence-electron chi connectivity index (χ2n) is 11.1. The molecule has 0 N–H and O–H groups in total. The number of fused-ring (bicyclic) bond motifs is 5. The Bertz CT molecular complexity index is 467. The lowest BCUT2D eigenvalue weighted by Gasteiger charge is -2.60. The fourth-order valence-electron chi connectivity index (χ4n) is 9.22. The van der Waals surface area contributed by atoms with E-state index in [9.17, 15) is 0 Å². The molecular weight excluding hydrogens is 288 g/mol. The van der Waals surface area contributed by atoms with Gasteiger partial charge >= 0.3 is 0 Å². The maximum Gasteiger partial charge on any atom is -0.0261 e. The Labute approximate surface area is 151 Å². The maximum absolute atomic E-state index is 2.72. The molecule has 0 heteroatoms. The molecule has 0 nitrogen and oxygen atoms in total. The quantitative estimate of drug-likeness (QED) is 0.508. The summed E-state index contributed by atoms with van der Waals surface area (Å²) in [7, 11) is 0. The summed E-state index contributed by atoms with van der Waals surface area (Å²) >= 11 is 0. The molecule has 4 aliphatic carbocycles. The van der Waals surface area contributed by atoms with Crippen LogP contribution in [0, 0.1) is 52.3 Å². The maximum atomic E-state index is 2.72. The van der Waals surface area contributed by atoms with Gasteiger partial charge in [0, 0.05) is 0 Å². The van der Waals surface area contributed by atoms with Gasteiger partial charge in [0.05, 0.1) is 0 Å². The monoisotopic (exact) mass is 330 g/mol. The zero-order chi connectivity index (χ0) is 17.1. The van der Waals surface area contributed by atoms with Crippen molar-refractivity contribution in [3.8, 4) is 0 Å². The highest BCUT2D eigenvalue weighted by Crippen LogP contribution is 2.70. The fourth-order valence-corrected chi connectivity index (χ4v) is 9.22. The average Bonchev–Trinajstić information content (AvgIpc) is 3.03. The highest BCUT2D eigenvalue weighted by Gasteiger charge is 2.62. The Morgan fingerprint density at radius 3 is 2.29 bits per heavy atom. The molecule has 24 heavy (non-hydrogen) atoms. The van der Waals surface area contributed by atoms with Crippen LogP contribution in [0.15, 0.2) is 0 Å². The van der Waals surface area contributed by atoms with Gasteiger partial charge in [-0.3, -0.25) is 0 Å². The van der Waals surface area contributed by atoms with Gasteiger partial charge in [0.2, 0.25) is 0 Å². The molecule has 0 aromatic carbocycles. The van der Waals surface area contributed by atoms with Crippen molar-refractivity contribution in [2.24, 2.45) is 52.3 Å². The minimum absolute atomic E-state index is 0.685. The Morgan fingerprint density at radius 2 is 1.54 bits per heavy atom. The van der Waals surface area contributed by atoms with Crippen molar-refractivity contribution >= 4 is 0 Å². The minimum Gasteiger partial charge on any atom is -0.0654 e. The van der Waals surface area contributed by atoms with Gasteiger partial charge in [-0.25, -0.2) is 0 Å². The lowest BCUT2D eigenvalue weighted by atomic mass is 9.45. The van der Waals surface area contributed by atoms with Crippen molar-refractivity contribution in [3.63, 3.8) is 0 Å². The van der Waals surface area contributed by atoms with E-state index in [-0.39, 0.29) is 0 Å². The summed E-state index contributed by atoms with van der Waals surface area (Å²) in [4.78, 5) is 0. The summed E-state index contributed by atoms with van der Waals surface area (Å²) in [5.74, 6) is 7.23. The molecule has 0 bridgehead atoms. The molecule has 0 saturated heterocycles. The Balaban J connectivity index is 1.60. The lowest BCUT2D eigenvalue weighted by molar-refractivity contribution is -0.111. The second kappa shape index (κ2) is 6.02. The van der Waals surface area contributed by atoms with Gasteiger partial charge in [0.15, 0.2) is 0 Å². The van der Waals surface area contributed by atoms with Crippen LogP contribution in [0.2, 0.25) is 0 Å². The SMILES string of the molecule is CCCCC1CCC2C3CC(C)[C@@H]4C(C)CC[C@]4(C)C3CC[C@]12C. The molecular formula is C24H42. The summed E-state index contributed by atoms with van der Waals surface area (Å²) in [6, 6.07) is 0. The molecule has 4 aliphatic rings. The smallest absolute Gasteiger partial charge is 0.0261 e. The van der Waals surface area contributed by atoms with Gasteiger partial charge < -0.3 is 0 Å². The van der Waals surface area contributed by atoms with Crippen molar-refractivity contribution in [1.82, 2.24) is 0 Å². The molecule has 0 radical (unpaired) electrons. The number of hydrogen-bond acceptors (Lipinski definition) is 0. The minimum atomic E-state index is 0.685. The first-order valence-corrected chi connectivity index (χ1v) is 11.4. The molecule has 4 rings (SSSR count). The van der Waals surface area contributed by atoms with Crippen molar-refractivity contribution in [1.29, 1.82) is 0 Å². The fraction of sp³-hybridized carbons (Fsp3) is 1.00. The van der Waals surface area contributed by atoms with Crippen molar-refractivity contribution in [2.45, 2.75) is 98.8 Å². The van der Waals surface area contributed by atoms with Gasteiger partial charge in [0.1, 0.15) is 0 Å². The molecule has 0 amide bonds. The van der Waals surface area contributed by atoms with E-state index in [1.54, 1.807) is 32.1 Å². The summed E-state index contributed by atoms with van der Waals surface area (Å²) < 4.78 is 0. The van der Waals surface area contributed by atoms with Gasteiger partial charge in [-0.1, -0.05) is 47.5 Å². The predicted molar refractivity (Wildman–Crippen MR) is 104 cm³/mol.